The van der Waals surface area contributed by atoms with Crippen LogP contribution >= 0.6 is 23.2 Å². The maximum absolute atomic E-state index is 13.4. The summed E-state index contributed by atoms with van der Waals surface area (Å²) in [5, 5.41) is 4.99. The first kappa shape index (κ1) is 27.4. The van der Waals surface area contributed by atoms with Crippen molar-refractivity contribution in [2.75, 3.05) is 0 Å². The molecule has 0 aliphatic heterocycles. The monoisotopic (exact) mass is 581 g/mol. The number of halogens is 5. The van der Waals surface area contributed by atoms with E-state index in [0.717, 1.165) is 27.9 Å². The van der Waals surface area contributed by atoms with E-state index in [2.05, 4.69) is 10.1 Å². The Kier molecular flexibility index (Phi) is 7.65. The van der Waals surface area contributed by atoms with Gasteiger partial charge >= 0.3 is 6.18 Å². The van der Waals surface area contributed by atoms with E-state index in [-0.39, 0.29) is 39.2 Å². The zero-order chi connectivity index (χ0) is 28.4. The molecule has 0 atom stereocenters. The average Bonchev–Trinajstić information content (AvgIpc) is 2.92. The lowest BCUT2D eigenvalue weighted by Gasteiger charge is -2.12. The second-order valence-corrected chi connectivity index (χ2v) is 9.79. The molecule has 0 amide bonds. The lowest BCUT2D eigenvalue weighted by atomic mass is 10.1. The Morgan fingerprint density at radius 1 is 0.950 bits per heavy atom. The summed E-state index contributed by atoms with van der Waals surface area (Å²) in [5.41, 5.74) is 1.48. The van der Waals surface area contributed by atoms with Crippen LogP contribution in [0.1, 0.15) is 22.3 Å². The molecule has 0 aliphatic rings. The van der Waals surface area contributed by atoms with Crippen molar-refractivity contribution in [2.24, 2.45) is 5.10 Å². The van der Waals surface area contributed by atoms with Gasteiger partial charge in [-0.05, 0) is 54.4 Å². The normalized spacial score (nSPS) is 11.8. The van der Waals surface area contributed by atoms with Crippen LogP contribution in [-0.2, 0) is 12.8 Å². The Morgan fingerprint density at radius 2 is 1.65 bits per heavy atom. The number of aryl methyl sites for hydroxylation is 1. The van der Waals surface area contributed by atoms with Crippen LogP contribution in [0.5, 0.6) is 5.75 Å². The molecule has 0 radical (unpaired) electrons. The summed E-state index contributed by atoms with van der Waals surface area (Å²) < 4.78 is 47.0. The van der Waals surface area contributed by atoms with E-state index in [1.54, 1.807) is 36.4 Å². The van der Waals surface area contributed by atoms with Crippen LogP contribution in [0, 0.1) is 6.92 Å². The van der Waals surface area contributed by atoms with E-state index in [0.29, 0.717) is 11.1 Å². The maximum Gasteiger partial charge on any atom is 0.416 e. The van der Waals surface area contributed by atoms with E-state index >= 15 is 0 Å². The molecule has 1 aromatic heterocycles. The smallest absolute Gasteiger partial charge is 0.416 e. The Morgan fingerprint density at radius 3 is 2.35 bits per heavy atom. The van der Waals surface area contributed by atoms with Crippen LogP contribution in [0.25, 0.3) is 22.3 Å². The molecule has 0 aliphatic carbocycles. The Hall–Kier alpha value is -4.14. The predicted molar refractivity (Wildman–Crippen MR) is 151 cm³/mol. The van der Waals surface area contributed by atoms with Crippen LogP contribution in [0.2, 0.25) is 10.0 Å². The Labute approximate surface area is 237 Å². The molecule has 0 unspecified atom stereocenters. The van der Waals surface area contributed by atoms with Gasteiger partial charge in [0, 0.05) is 5.56 Å². The van der Waals surface area contributed by atoms with Gasteiger partial charge in [-0.3, -0.25) is 4.79 Å². The van der Waals surface area contributed by atoms with Gasteiger partial charge in [0.2, 0.25) is 0 Å². The zero-order valence-corrected chi connectivity index (χ0v) is 22.4. The summed E-state index contributed by atoms with van der Waals surface area (Å²) in [7, 11) is 0. The van der Waals surface area contributed by atoms with Crippen molar-refractivity contribution < 1.29 is 17.9 Å². The van der Waals surface area contributed by atoms with Crippen LogP contribution in [0.3, 0.4) is 0 Å². The fourth-order valence-corrected chi connectivity index (χ4v) is 4.62. The van der Waals surface area contributed by atoms with Crippen molar-refractivity contribution in [3.8, 4) is 17.1 Å². The molecule has 5 aromatic rings. The molecule has 4 aromatic carbocycles. The van der Waals surface area contributed by atoms with Crippen LogP contribution in [0.15, 0.2) is 94.8 Å². The minimum absolute atomic E-state index is 0.0544. The third-order valence-electron chi connectivity index (χ3n) is 6.05. The van der Waals surface area contributed by atoms with Gasteiger partial charge in [-0.1, -0.05) is 77.3 Å². The second kappa shape index (κ2) is 11.2. The number of ether oxygens (including phenoxy) is 1. The number of hydrogen-bond donors (Lipinski definition) is 0. The number of para-hydroxylation sites is 1. The van der Waals surface area contributed by atoms with E-state index in [9.17, 15) is 18.0 Å². The number of alkyl halides is 3. The minimum Gasteiger partial charge on any atom is -0.486 e. The van der Waals surface area contributed by atoms with E-state index < -0.39 is 17.3 Å². The summed E-state index contributed by atoms with van der Waals surface area (Å²) in [4.78, 5) is 17.8. The number of benzene rings is 4. The molecule has 202 valence electrons. The van der Waals surface area contributed by atoms with Gasteiger partial charge in [0.15, 0.2) is 11.6 Å². The first-order chi connectivity index (χ1) is 19.1. The molecule has 5 nitrogen and oxygen atoms in total. The van der Waals surface area contributed by atoms with Crippen molar-refractivity contribution in [2.45, 2.75) is 19.7 Å². The molecule has 0 saturated carbocycles. The topological polar surface area (TPSA) is 56.5 Å². The zero-order valence-electron chi connectivity index (χ0n) is 20.9. The molecular weight excluding hydrogens is 562 g/mol. The highest BCUT2D eigenvalue weighted by Gasteiger charge is 2.31. The fourth-order valence-electron chi connectivity index (χ4n) is 4.01. The largest absolute Gasteiger partial charge is 0.486 e. The van der Waals surface area contributed by atoms with Gasteiger partial charge in [0.1, 0.15) is 6.61 Å². The summed E-state index contributed by atoms with van der Waals surface area (Å²) in [6.07, 6.45) is -3.24. The minimum atomic E-state index is -4.57. The van der Waals surface area contributed by atoms with Gasteiger partial charge in [0.25, 0.3) is 5.56 Å². The number of aromatic nitrogens is 2. The van der Waals surface area contributed by atoms with E-state index in [1.165, 1.54) is 18.3 Å². The highest BCUT2D eigenvalue weighted by Crippen LogP contribution is 2.35. The van der Waals surface area contributed by atoms with E-state index in [1.807, 2.05) is 31.2 Å². The molecule has 0 N–H and O–H groups in total. The third-order valence-corrected chi connectivity index (χ3v) is 6.61. The molecule has 1 heterocycles. The van der Waals surface area contributed by atoms with Crippen LogP contribution in [-0.4, -0.2) is 15.9 Å². The van der Waals surface area contributed by atoms with Gasteiger partial charge < -0.3 is 4.74 Å². The summed E-state index contributed by atoms with van der Waals surface area (Å²) in [6, 6.07) is 22.0. The molecule has 0 saturated heterocycles. The SMILES string of the molecule is Cc1ccc(COc2c(Cl)cc(C=Nn3c(-c4cccc(C(F)(F)F)c4)nc4ccccc4c3=O)cc2Cl)cc1. The third kappa shape index (κ3) is 5.88. The molecule has 5 rings (SSSR count). The summed E-state index contributed by atoms with van der Waals surface area (Å²) in [5.74, 6) is 0.233. The van der Waals surface area contributed by atoms with Crippen molar-refractivity contribution in [1.82, 2.24) is 9.66 Å². The first-order valence-corrected chi connectivity index (χ1v) is 12.8. The number of hydrogen-bond acceptors (Lipinski definition) is 4. The Bertz CT molecular complexity index is 1780. The average molecular weight is 582 g/mol. The van der Waals surface area contributed by atoms with Crippen molar-refractivity contribution in [3.63, 3.8) is 0 Å². The van der Waals surface area contributed by atoms with Crippen LogP contribution < -0.4 is 10.3 Å². The standard InChI is InChI=1S/C30H20Cl2F3N3O2/c1-18-9-11-19(12-10-18)17-40-27-24(31)13-20(14-25(27)32)16-36-38-28(21-5-4-6-22(15-21)30(33,34)35)37-26-8-3-2-7-23(26)29(38)39/h2-16H,17H2,1H3. The quantitative estimate of drug-likeness (QED) is 0.190. The maximum atomic E-state index is 13.4. The number of fused-ring (bicyclic) bond motifs is 1. The number of nitrogens with zero attached hydrogens (tertiary/aromatic N) is 3. The van der Waals surface area contributed by atoms with Gasteiger partial charge in [-0.15, -0.1) is 0 Å². The highest BCUT2D eigenvalue weighted by atomic mass is 35.5. The lowest BCUT2D eigenvalue weighted by molar-refractivity contribution is -0.137. The highest BCUT2D eigenvalue weighted by molar-refractivity contribution is 6.37. The molecule has 0 bridgehead atoms. The summed E-state index contributed by atoms with van der Waals surface area (Å²) in [6.45, 7) is 2.25. The van der Waals surface area contributed by atoms with Gasteiger partial charge in [-0.2, -0.15) is 22.9 Å². The van der Waals surface area contributed by atoms with Gasteiger partial charge in [0.05, 0.1) is 32.7 Å². The van der Waals surface area contributed by atoms with Crippen molar-refractivity contribution >= 4 is 40.3 Å². The molecule has 0 fully saturated rings. The molecular formula is C30H20Cl2F3N3O2. The molecule has 10 heteroatoms. The summed E-state index contributed by atoms with van der Waals surface area (Å²) >= 11 is 12.9. The van der Waals surface area contributed by atoms with Crippen molar-refractivity contribution in [3.05, 3.63) is 128 Å². The first-order valence-electron chi connectivity index (χ1n) is 12.0. The Balaban J connectivity index is 1.52. The molecule has 0 spiro atoms. The lowest BCUT2D eigenvalue weighted by Crippen LogP contribution is -2.20. The van der Waals surface area contributed by atoms with Crippen molar-refractivity contribution in [1.29, 1.82) is 0 Å². The van der Waals surface area contributed by atoms with Crippen LogP contribution in [0.4, 0.5) is 13.2 Å². The predicted octanol–water partition coefficient (Wildman–Crippen LogP) is 8.16. The van der Waals surface area contributed by atoms with E-state index in [4.69, 9.17) is 27.9 Å². The van der Waals surface area contributed by atoms with Gasteiger partial charge in [-0.25, -0.2) is 4.98 Å². The fraction of sp³-hybridized carbons (Fsp3) is 0.100. The number of rotatable bonds is 6. The second-order valence-electron chi connectivity index (χ2n) is 8.98. The molecule has 40 heavy (non-hydrogen) atoms.